The molecular formula is C10H19F2N. The monoisotopic (exact) mass is 191 g/mol. The van der Waals surface area contributed by atoms with Gasteiger partial charge in [0.25, 0.3) is 0 Å². The minimum Gasteiger partial charge on any atom is -0.285 e. The van der Waals surface area contributed by atoms with E-state index >= 15 is 0 Å². The molecule has 3 unspecified atom stereocenters. The van der Waals surface area contributed by atoms with Gasteiger partial charge in [-0.3, -0.25) is 5.32 Å². The number of alkyl halides is 2. The van der Waals surface area contributed by atoms with Crippen LogP contribution >= 0.6 is 0 Å². The summed E-state index contributed by atoms with van der Waals surface area (Å²) in [4.78, 5) is 0. The molecule has 3 atom stereocenters. The highest BCUT2D eigenvalue weighted by Crippen LogP contribution is 2.32. The van der Waals surface area contributed by atoms with Crippen molar-refractivity contribution in [2.45, 2.75) is 46.1 Å². The van der Waals surface area contributed by atoms with E-state index in [9.17, 15) is 8.78 Å². The third-order valence-corrected chi connectivity index (χ3v) is 2.43. The highest BCUT2D eigenvalue weighted by atomic mass is 19.1. The van der Waals surface area contributed by atoms with E-state index in [1.807, 2.05) is 0 Å². The first-order chi connectivity index (χ1) is 5.88. The summed E-state index contributed by atoms with van der Waals surface area (Å²) in [6.07, 6.45) is -0.820. The van der Waals surface area contributed by atoms with Gasteiger partial charge >= 0.3 is 0 Å². The van der Waals surface area contributed by atoms with Crippen molar-refractivity contribution >= 4 is 0 Å². The Balaban J connectivity index is 2.47. The van der Waals surface area contributed by atoms with Gasteiger partial charge in [0.1, 0.15) is 6.17 Å². The minimum atomic E-state index is -1.01. The van der Waals surface area contributed by atoms with Gasteiger partial charge in [0.2, 0.25) is 0 Å². The van der Waals surface area contributed by atoms with E-state index in [0.29, 0.717) is 6.42 Å². The molecule has 1 aliphatic heterocycles. The summed E-state index contributed by atoms with van der Waals surface area (Å²) >= 11 is 0. The number of halogens is 2. The Morgan fingerprint density at radius 3 is 2.46 bits per heavy atom. The van der Waals surface area contributed by atoms with E-state index in [4.69, 9.17) is 0 Å². The van der Waals surface area contributed by atoms with Crippen LogP contribution in [0.1, 0.15) is 33.6 Å². The molecule has 1 heterocycles. The van der Waals surface area contributed by atoms with Crippen molar-refractivity contribution in [1.29, 1.82) is 0 Å². The fraction of sp³-hybridized carbons (Fsp3) is 1.00. The lowest BCUT2D eigenvalue weighted by Gasteiger charge is -2.33. The lowest BCUT2D eigenvalue weighted by Crippen LogP contribution is -2.44. The molecule has 1 nitrogen and oxygen atoms in total. The normalized spacial score (nSPS) is 36.2. The van der Waals surface area contributed by atoms with Crippen LogP contribution in [0.15, 0.2) is 0 Å². The first-order valence-corrected chi connectivity index (χ1v) is 4.90. The molecule has 3 heteroatoms. The van der Waals surface area contributed by atoms with E-state index < -0.39 is 12.5 Å². The fourth-order valence-corrected chi connectivity index (χ4v) is 1.90. The van der Waals surface area contributed by atoms with Crippen LogP contribution in [-0.2, 0) is 0 Å². The molecule has 1 saturated heterocycles. The van der Waals surface area contributed by atoms with Gasteiger partial charge in [-0.05, 0) is 24.2 Å². The zero-order valence-electron chi connectivity index (χ0n) is 8.61. The molecule has 1 rings (SSSR count). The molecule has 0 aliphatic carbocycles. The summed E-state index contributed by atoms with van der Waals surface area (Å²) in [6, 6.07) is 0. The zero-order chi connectivity index (χ0) is 10.1. The summed E-state index contributed by atoms with van der Waals surface area (Å²) in [7, 11) is 0. The second kappa shape index (κ2) is 3.91. The van der Waals surface area contributed by atoms with Gasteiger partial charge < -0.3 is 0 Å². The van der Waals surface area contributed by atoms with Crippen molar-refractivity contribution < 1.29 is 8.78 Å². The van der Waals surface area contributed by atoms with Gasteiger partial charge in [-0.15, -0.1) is 0 Å². The molecular weight excluding hydrogens is 172 g/mol. The fourth-order valence-electron chi connectivity index (χ4n) is 1.90. The molecule has 78 valence electrons. The Kier molecular flexibility index (Phi) is 3.28. The van der Waals surface area contributed by atoms with Gasteiger partial charge in [-0.2, -0.15) is 0 Å². The Hall–Kier alpha value is -0.180. The lowest BCUT2D eigenvalue weighted by atomic mass is 9.80. The standard InChI is InChI=1S/C10H19F2N/c1-10(2,3)5-7-4-9(12)13-6-8(7)11/h7-9,13H,4-6H2,1-3H3. The SMILES string of the molecule is CC(C)(C)CC1CC(F)NCC1F. The molecule has 0 radical (unpaired) electrons. The van der Waals surface area contributed by atoms with E-state index in [2.05, 4.69) is 26.1 Å². The average Bonchev–Trinajstić information content (AvgIpc) is 1.94. The van der Waals surface area contributed by atoms with Crippen LogP contribution in [-0.4, -0.2) is 19.0 Å². The maximum absolute atomic E-state index is 13.3. The second-order valence-corrected chi connectivity index (χ2v) is 5.15. The molecule has 0 aromatic heterocycles. The maximum atomic E-state index is 13.3. The molecule has 0 aromatic carbocycles. The number of nitrogens with one attached hydrogen (secondary N) is 1. The highest BCUT2D eigenvalue weighted by molar-refractivity contribution is 4.83. The summed E-state index contributed by atoms with van der Waals surface area (Å²) in [5.41, 5.74) is 0.0894. The van der Waals surface area contributed by atoms with Crippen molar-refractivity contribution in [3.63, 3.8) is 0 Å². The lowest BCUT2D eigenvalue weighted by molar-refractivity contribution is 0.0703. The van der Waals surface area contributed by atoms with Crippen LogP contribution in [0.5, 0.6) is 0 Å². The van der Waals surface area contributed by atoms with E-state index in [-0.39, 0.29) is 17.9 Å². The molecule has 1 aliphatic rings. The van der Waals surface area contributed by atoms with Gasteiger partial charge in [0.05, 0.1) is 0 Å². The van der Waals surface area contributed by atoms with Crippen LogP contribution in [0.2, 0.25) is 0 Å². The maximum Gasteiger partial charge on any atom is 0.151 e. The molecule has 0 bridgehead atoms. The van der Waals surface area contributed by atoms with Crippen molar-refractivity contribution in [2.75, 3.05) is 6.54 Å². The van der Waals surface area contributed by atoms with Crippen LogP contribution in [0.4, 0.5) is 8.78 Å². The topological polar surface area (TPSA) is 12.0 Å². The van der Waals surface area contributed by atoms with Crippen molar-refractivity contribution in [1.82, 2.24) is 5.32 Å². The number of hydrogen-bond donors (Lipinski definition) is 1. The molecule has 1 N–H and O–H groups in total. The summed E-state index contributed by atoms with van der Waals surface area (Å²) in [6.45, 7) is 6.36. The highest BCUT2D eigenvalue weighted by Gasteiger charge is 2.32. The summed E-state index contributed by atoms with van der Waals surface area (Å²) in [5, 5.41) is 2.51. The number of piperidine rings is 1. The Morgan fingerprint density at radius 1 is 1.31 bits per heavy atom. The Morgan fingerprint density at radius 2 is 1.92 bits per heavy atom. The van der Waals surface area contributed by atoms with E-state index in [0.717, 1.165) is 6.42 Å². The molecule has 0 saturated carbocycles. The summed E-state index contributed by atoms with van der Waals surface area (Å²) < 4.78 is 26.2. The molecule has 0 amide bonds. The van der Waals surface area contributed by atoms with Crippen LogP contribution in [0, 0.1) is 11.3 Å². The first-order valence-electron chi connectivity index (χ1n) is 4.90. The van der Waals surface area contributed by atoms with Crippen LogP contribution in [0.25, 0.3) is 0 Å². The summed E-state index contributed by atoms with van der Waals surface area (Å²) in [5.74, 6) is -0.115. The Labute approximate surface area is 78.9 Å². The van der Waals surface area contributed by atoms with Crippen molar-refractivity contribution in [3.8, 4) is 0 Å². The van der Waals surface area contributed by atoms with Gasteiger partial charge in [0, 0.05) is 6.54 Å². The largest absolute Gasteiger partial charge is 0.285 e. The van der Waals surface area contributed by atoms with Gasteiger partial charge in [-0.25, -0.2) is 8.78 Å². The predicted molar refractivity (Wildman–Crippen MR) is 50.0 cm³/mol. The second-order valence-electron chi connectivity index (χ2n) is 5.15. The smallest absolute Gasteiger partial charge is 0.151 e. The molecule has 1 fully saturated rings. The molecule has 0 aromatic rings. The van der Waals surface area contributed by atoms with Crippen molar-refractivity contribution in [2.24, 2.45) is 11.3 Å². The van der Waals surface area contributed by atoms with Crippen LogP contribution < -0.4 is 5.32 Å². The van der Waals surface area contributed by atoms with Crippen LogP contribution in [0.3, 0.4) is 0 Å². The average molecular weight is 191 g/mol. The quantitative estimate of drug-likeness (QED) is 0.628. The van der Waals surface area contributed by atoms with Crippen molar-refractivity contribution in [3.05, 3.63) is 0 Å². The molecule has 0 spiro atoms. The minimum absolute atomic E-state index is 0.0894. The van der Waals surface area contributed by atoms with Gasteiger partial charge in [-0.1, -0.05) is 20.8 Å². The molecule has 13 heavy (non-hydrogen) atoms. The van der Waals surface area contributed by atoms with E-state index in [1.54, 1.807) is 0 Å². The third kappa shape index (κ3) is 3.59. The first kappa shape index (κ1) is 10.9. The number of hydrogen-bond acceptors (Lipinski definition) is 1. The third-order valence-electron chi connectivity index (χ3n) is 2.43. The Bertz CT molecular complexity index is 165. The van der Waals surface area contributed by atoms with E-state index in [1.165, 1.54) is 0 Å². The van der Waals surface area contributed by atoms with Gasteiger partial charge in [0.15, 0.2) is 6.30 Å². The number of rotatable bonds is 1. The predicted octanol–water partition coefficient (Wildman–Crippen LogP) is 2.67. The zero-order valence-corrected chi connectivity index (χ0v) is 8.61.